The van der Waals surface area contributed by atoms with Crippen molar-refractivity contribution in [3.8, 4) is 0 Å². The molecule has 0 aromatic carbocycles. The molecule has 0 saturated carbocycles. The molecule has 0 radical (unpaired) electrons. The number of quaternary nitrogens is 1. The molecule has 0 spiro atoms. The molecule has 118 valence electrons. The number of carbonyl (C=O) groups excluding carboxylic acids is 1. The number of piperazine rings is 1. The lowest BCUT2D eigenvalue weighted by Crippen LogP contribution is -3.14. The van der Waals surface area contributed by atoms with E-state index >= 15 is 0 Å². The number of aromatic carboxylic acids is 1. The summed E-state index contributed by atoms with van der Waals surface area (Å²) in [5.41, 5.74) is 2.46. The molecule has 6 heteroatoms. The van der Waals surface area contributed by atoms with Gasteiger partial charge < -0.3 is 14.8 Å². The highest BCUT2D eigenvalue weighted by Crippen LogP contribution is 2.17. The van der Waals surface area contributed by atoms with Gasteiger partial charge in [0, 0.05) is 25.3 Å². The van der Waals surface area contributed by atoms with Gasteiger partial charge in [-0.3, -0.25) is 9.30 Å². The van der Waals surface area contributed by atoms with Crippen molar-refractivity contribution in [1.82, 2.24) is 14.3 Å². The third-order valence-electron chi connectivity index (χ3n) is 4.56. The molecule has 1 N–H and O–H groups in total. The Bertz CT molecular complexity index is 687. The molecule has 0 unspecified atom stereocenters. The number of pyridine rings is 1. The number of aromatic nitrogens is 2. The van der Waals surface area contributed by atoms with Gasteiger partial charge in [0.2, 0.25) is 0 Å². The minimum atomic E-state index is -1.20. The Labute approximate surface area is 130 Å². The molecule has 0 atom stereocenters. The summed E-state index contributed by atoms with van der Waals surface area (Å²) in [7, 11) is 0. The van der Waals surface area contributed by atoms with Crippen LogP contribution in [0, 0.1) is 6.92 Å². The molecule has 1 aliphatic heterocycles. The lowest BCUT2D eigenvalue weighted by Gasteiger charge is -2.31. The smallest absolute Gasteiger partial charge is 0.137 e. The molecule has 22 heavy (non-hydrogen) atoms. The van der Waals surface area contributed by atoms with E-state index in [1.165, 1.54) is 0 Å². The van der Waals surface area contributed by atoms with E-state index in [-0.39, 0.29) is 5.69 Å². The number of likely N-dealkylation sites (N-methyl/N-ethyl adjacent to an activating group) is 1. The zero-order valence-electron chi connectivity index (χ0n) is 13.1. The molecule has 3 heterocycles. The highest BCUT2D eigenvalue weighted by molar-refractivity contribution is 5.86. The molecule has 2 aromatic heterocycles. The van der Waals surface area contributed by atoms with Gasteiger partial charge >= 0.3 is 0 Å². The minimum absolute atomic E-state index is 0.0690. The summed E-state index contributed by atoms with van der Waals surface area (Å²) in [6.45, 7) is 10.1. The van der Waals surface area contributed by atoms with Gasteiger partial charge in [-0.05, 0) is 26.0 Å². The number of carboxylic acids is 1. The van der Waals surface area contributed by atoms with E-state index in [9.17, 15) is 9.90 Å². The molecule has 3 rings (SSSR count). The summed E-state index contributed by atoms with van der Waals surface area (Å²) in [6.07, 6.45) is 0. The van der Waals surface area contributed by atoms with Gasteiger partial charge in [-0.1, -0.05) is 6.07 Å². The molecule has 1 saturated heterocycles. The van der Waals surface area contributed by atoms with Crippen LogP contribution in [-0.2, 0) is 6.54 Å². The minimum Gasteiger partial charge on any atom is -0.543 e. The molecular weight excluding hydrogens is 280 g/mol. The van der Waals surface area contributed by atoms with Gasteiger partial charge in [0.25, 0.3) is 0 Å². The predicted octanol–water partition coefficient (Wildman–Crippen LogP) is -1.27. The van der Waals surface area contributed by atoms with Crippen molar-refractivity contribution in [2.75, 3.05) is 32.7 Å². The van der Waals surface area contributed by atoms with Gasteiger partial charge in [-0.2, -0.15) is 0 Å². The second-order valence-electron chi connectivity index (χ2n) is 5.94. The molecule has 1 fully saturated rings. The van der Waals surface area contributed by atoms with Crippen molar-refractivity contribution in [2.45, 2.75) is 20.4 Å². The highest BCUT2D eigenvalue weighted by atomic mass is 16.4. The molecule has 2 aromatic rings. The molecule has 1 aliphatic rings. The topological polar surface area (TPSA) is 65.1 Å². The van der Waals surface area contributed by atoms with Crippen molar-refractivity contribution in [1.29, 1.82) is 0 Å². The number of fused-ring (bicyclic) bond motifs is 1. The monoisotopic (exact) mass is 302 g/mol. The summed E-state index contributed by atoms with van der Waals surface area (Å²) in [4.78, 5) is 19.6. The first-order valence-corrected chi connectivity index (χ1v) is 7.84. The van der Waals surface area contributed by atoms with Crippen LogP contribution in [0.2, 0.25) is 0 Å². The average Bonchev–Trinajstić information content (AvgIpc) is 2.88. The molecule has 6 nitrogen and oxygen atoms in total. The van der Waals surface area contributed by atoms with Gasteiger partial charge in [0.15, 0.2) is 0 Å². The number of carbonyl (C=O) groups is 1. The van der Waals surface area contributed by atoms with Crippen LogP contribution in [0.1, 0.15) is 28.8 Å². The van der Waals surface area contributed by atoms with Crippen LogP contribution in [0.25, 0.3) is 5.65 Å². The number of imidazole rings is 1. The van der Waals surface area contributed by atoms with Gasteiger partial charge in [-0.25, -0.2) is 4.98 Å². The van der Waals surface area contributed by atoms with Crippen LogP contribution >= 0.6 is 0 Å². The van der Waals surface area contributed by atoms with E-state index in [2.05, 4.69) is 16.8 Å². The summed E-state index contributed by atoms with van der Waals surface area (Å²) in [6, 6.07) is 5.70. The van der Waals surface area contributed by atoms with Crippen LogP contribution in [0.4, 0.5) is 0 Å². The third-order valence-corrected chi connectivity index (χ3v) is 4.56. The highest BCUT2D eigenvalue weighted by Gasteiger charge is 2.22. The Morgan fingerprint density at radius 3 is 2.73 bits per heavy atom. The summed E-state index contributed by atoms with van der Waals surface area (Å²) in [5.74, 6) is -1.20. The first-order valence-electron chi connectivity index (χ1n) is 7.84. The summed E-state index contributed by atoms with van der Waals surface area (Å²) < 4.78 is 1.93. The second-order valence-corrected chi connectivity index (χ2v) is 5.94. The Morgan fingerprint density at radius 2 is 2.09 bits per heavy atom. The first-order chi connectivity index (χ1) is 10.6. The number of nitrogens with one attached hydrogen (secondary N) is 1. The van der Waals surface area contributed by atoms with Gasteiger partial charge in [0.05, 0.1) is 31.3 Å². The Kier molecular flexibility index (Phi) is 4.13. The van der Waals surface area contributed by atoms with Crippen molar-refractivity contribution in [2.24, 2.45) is 0 Å². The summed E-state index contributed by atoms with van der Waals surface area (Å²) >= 11 is 0. The maximum Gasteiger partial charge on any atom is 0.137 e. The van der Waals surface area contributed by atoms with Crippen LogP contribution in [0.3, 0.4) is 0 Å². The van der Waals surface area contributed by atoms with E-state index in [1.807, 2.05) is 29.5 Å². The maximum absolute atomic E-state index is 11.4. The van der Waals surface area contributed by atoms with E-state index < -0.39 is 5.97 Å². The van der Waals surface area contributed by atoms with Crippen LogP contribution < -0.4 is 10.0 Å². The van der Waals surface area contributed by atoms with E-state index in [0.717, 1.165) is 44.1 Å². The summed E-state index contributed by atoms with van der Waals surface area (Å²) in [5, 5.41) is 11.4. The Morgan fingerprint density at radius 1 is 1.36 bits per heavy atom. The van der Waals surface area contributed by atoms with Crippen LogP contribution in [-0.4, -0.2) is 53.0 Å². The van der Waals surface area contributed by atoms with Crippen LogP contribution in [0.5, 0.6) is 0 Å². The van der Waals surface area contributed by atoms with E-state index in [0.29, 0.717) is 12.2 Å². The molecule has 0 bridgehead atoms. The SMILES string of the molecule is CC[NH+]1CCN(Cc2c(C(=O)[O-])nc3cccc(C)n23)CC1. The number of nitrogens with zero attached hydrogens (tertiary/aromatic N) is 3. The second kappa shape index (κ2) is 6.06. The Hall–Kier alpha value is -1.92. The number of aryl methyl sites for hydroxylation is 1. The van der Waals surface area contributed by atoms with Gasteiger partial charge in [-0.15, -0.1) is 0 Å². The largest absolute Gasteiger partial charge is 0.543 e. The van der Waals surface area contributed by atoms with Crippen molar-refractivity contribution in [3.63, 3.8) is 0 Å². The van der Waals surface area contributed by atoms with E-state index in [1.54, 1.807) is 4.90 Å². The fourth-order valence-electron chi connectivity index (χ4n) is 3.23. The number of rotatable bonds is 4. The van der Waals surface area contributed by atoms with Crippen molar-refractivity contribution >= 4 is 11.6 Å². The fraction of sp³-hybridized carbons (Fsp3) is 0.500. The normalized spacial score (nSPS) is 17.2. The van der Waals surface area contributed by atoms with Gasteiger partial charge in [0.1, 0.15) is 11.3 Å². The molecule has 0 amide bonds. The molecule has 0 aliphatic carbocycles. The molecular formula is C16H22N4O2. The van der Waals surface area contributed by atoms with E-state index in [4.69, 9.17) is 0 Å². The third kappa shape index (κ3) is 2.71. The van der Waals surface area contributed by atoms with Crippen LogP contribution in [0.15, 0.2) is 18.2 Å². The zero-order valence-corrected chi connectivity index (χ0v) is 13.1. The maximum atomic E-state index is 11.4. The standard InChI is InChI=1S/C16H22N4O2/c1-3-18-7-9-19(10-8-18)11-13-15(16(21)22)17-14-6-4-5-12(2)20(13)14/h4-6H,3,7-11H2,1-2H3,(H,21,22). The quantitative estimate of drug-likeness (QED) is 0.765. The fourth-order valence-corrected chi connectivity index (χ4v) is 3.23. The number of carboxylic acid groups (broad SMARTS) is 1. The zero-order chi connectivity index (χ0) is 15.7. The number of hydrogen-bond donors (Lipinski definition) is 1. The van der Waals surface area contributed by atoms with Crippen molar-refractivity contribution in [3.05, 3.63) is 35.3 Å². The van der Waals surface area contributed by atoms with Crippen molar-refractivity contribution < 1.29 is 14.8 Å². The lowest BCUT2D eigenvalue weighted by atomic mass is 10.2. The Balaban J connectivity index is 1.92. The average molecular weight is 302 g/mol. The predicted molar refractivity (Wildman–Crippen MR) is 80.8 cm³/mol. The first kappa shape index (κ1) is 15.0. The number of hydrogen-bond acceptors (Lipinski definition) is 4. The lowest BCUT2D eigenvalue weighted by molar-refractivity contribution is -0.902.